The van der Waals surface area contributed by atoms with E-state index in [1.807, 2.05) is 30.5 Å². The second-order valence-corrected chi connectivity index (χ2v) is 8.93. The van der Waals surface area contributed by atoms with Crippen molar-refractivity contribution in [2.75, 3.05) is 17.8 Å². The lowest BCUT2D eigenvalue weighted by molar-refractivity contribution is -0.120. The molecule has 0 fully saturated rings. The fraction of sp³-hybridized carbons (Fsp3) is 0.143. The number of benzene rings is 2. The Balaban J connectivity index is 1.61. The van der Waals surface area contributed by atoms with Crippen LogP contribution >= 0.6 is 46.3 Å². The van der Waals surface area contributed by atoms with Gasteiger partial charge in [0.05, 0.1) is 28.0 Å². The quantitative estimate of drug-likeness (QED) is 0.282. The van der Waals surface area contributed by atoms with Gasteiger partial charge in [-0.2, -0.15) is 0 Å². The van der Waals surface area contributed by atoms with Crippen LogP contribution in [-0.4, -0.2) is 23.8 Å². The van der Waals surface area contributed by atoms with Crippen LogP contribution in [0.2, 0.25) is 10.0 Å². The van der Waals surface area contributed by atoms with Crippen molar-refractivity contribution in [3.8, 4) is 5.75 Å². The van der Waals surface area contributed by atoms with E-state index in [4.69, 9.17) is 37.3 Å². The number of ether oxygens (including phenoxy) is 1. The highest BCUT2D eigenvalue weighted by atomic mass is 35.5. The molecule has 0 bridgehead atoms. The summed E-state index contributed by atoms with van der Waals surface area (Å²) in [6.07, 6.45) is 3.58. The molecule has 0 radical (unpaired) electrons. The number of amides is 1. The Morgan fingerprint density at radius 1 is 1.23 bits per heavy atom. The number of anilines is 1. The summed E-state index contributed by atoms with van der Waals surface area (Å²) in [4.78, 5) is 20.5. The van der Waals surface area contributed by atoms with E-state index in [2.05, 4.69) is 0 Å². The summed E-state index contributed by atoms with van der Waals surface area (Å²) in [5.41, 5.74) is 0.879. The van der Waals surface area contributed by atoms with Crippen molar-refractivity contribution in [2.45, 2.75) is 11.4 Å². The first-order valence-electron chi connectivity index (χ1n) is 8.89. The van der Waals surface area contributed by atoms with Crippen molar-refractivity contribution < 1.29 is 13.9 Å². The zero-order chi connectivity index (χ0) is 21.1. The van der Waals surface area contributed by atoms with Crippen LogP contribution in [0.1, 0.15) is 5.76 Å². The maximum Gasteiger partial charge on any atom is 0.267 e. The molecule has 0 aliphatic carbocycles. The minimum Gasteiger partial charge on any atom is -0.482 e. The number of thioether (sulfide) groups is 1. The third kappa shape index (κ3) is 4.59. The molecule has 2 heterocycles. The minimum absolute atomic E-state index is 0.201. The summed E-state index contributed by atoms with van der Waals surface area (Å²) < 4.78 is 12.1. The SMILES string of the molecule is CSc1cccc2sc(N(Cc3ccco3)C(=O)COc3ccc(Cl)cc3Cl)nc12. The van der Waals surface area contributed by atoms with Gasteiger partial charge in [-0.1, -0.05) is 40.6 Å². The number of aromatic nitrogens is 1. The molecule has 4 rings (SSSR count). The highest BCUT2D eigenvalue weighted by Crippen LogP contribution is 2.35. The fourth-order valence-electron chi connectivity index (χ4n) is 2.82. The Kier molecular flexibility index (Phi) is 6.53. The monoisotopic (exact) mass is 478 g/mol. The van der Waals surface area contributed by atoms with Gasteiger partial charge >= 0.3 is 0 Å². The van der Waals surface area contributed by atoms with Crippen molar-refractivity contribution in [1.29, 1.82) is 0 Å². The van der Waals surface area contributed by atoms with Crippen molar-refractivity contribution in [3.63, 3.8) is 0 Å². The van der Waals surface area contributed by atoms with Gasteiger partial charge in [0.15, 0.2) is 11.7 Å². The number of thiazole rings is 1. The topological polar surface area (TPSA) is 55.6 Å². The predicted octanol–water partition coefficient (Wildman–Crippen LogP) is 6.53. The van der Waals surface area contributed by atoms with Gasteiger partial charge in [-0.15, -0.1) is 11.8 Å². The molecule has 2 aromatic carbocycles. The van der Waals surface area contributed by atoms with Crippen LogP contribution in [0.25, 0.3) is 10.2 Å². The van der Waals surface area contributed by atoms with Gasteiger partial charge in [-0.05, 0) is 48.7 Å². The van der Waals surface area contributed by atoms with Gasteiger partial charge in [-0.3, -0.25) is 9.69 Å². The third-order valence-corrected chi connectivity index (χ3v) is 6.60. The number of hydrogen-bond acceptors (Lipinski definition) is 6. The fourth-order valence-corrected chi connectivity index (χ4v) is 4.92. The minimum atomic E-state index is -0.262. The number of carbonyl (C=O) groups excluding carboxylic acids is 1. The normalized spacial score (nSPS) is 11.0. The van der Waals surface area contributed by atoms with Gasteiger partial charge in [-0.25, -0.2) is 4.98 Å². The molecule has 1 amide bonds. The first kappa shape index (κ1) is 21.1. The predicted molar refractivity (Wildman–Crippen MR) is 123 cm³/mol. The average Bonchev–Trinajstić information content (AvgIpc) is 3.40. The van der Waals surface area contributed by atoms with E-state index >= 15 is 0 Å². The molecule has 154 valence electrons. The van der Waals surface area contributed by atoms with Gasteiger partial charge in [0.1, 0.15) is 11.5 Å². The number of nitrogens with zero attached hydrogens (tertiary/aromatic N) is 2. The molecule has 0 aliphatic rings. The van der Waals surface area contributed by atoms with E-state index in [0.29, 0.717) is 26.7 Å². The van der Waals surface area contributed by atoms with E-state index in [-0.39, 0.29) is 19.1 Å². The Hall–Kier alpha value is -2.19. The highest BCUT2D eigenvalue weighted by Gasteiger charge is 2.23. The van der Waals surface area contributed by atoms with Crippen LogP contribution < -0.4 is 9.64 Å². The summed E-state index contributed by atoms with van der Waals surface area (Å²) >= 11 is 15.1. The maximum atomic E-state index is 13.1. The molecule has 4 aromatic rings. The molecule has 0 saturated carbocycles. The molecular weight excluding hydrogens is 463 g/mol. The molecule has 0 aliphatic heterocycles. The molecule has 30 heavy (non-hydrogen) atoms. The van der Waals surface area contributed by atoms with Crippen LogP contribution in [0.4, 0.5) is 5.13 Å². The van der Waals surface area contributed by atoms with Crippen molar-refractivity contribution in [3.05, 3.63) is 70.6 Å². The van der Waals surface area contributed by atoms with Crippen molar-refractivity contribution in [2.24, 2.45) is 0 Å². The second-order valence-electron chi connectivity index (χ2n) is 6.23. The molecule has 0 N–H and O–H groups in total. The standard InChI is InChI=1S/C21H16Cl2N2O3S2/c1-29-17-5-2-6-18-20(17)24-21(30-18)25(11-14-4-3-9-27-14)19(26)12-28-16-8-7-13(22)10-15(16)23/h2-10H,11-12H2,1H3. The van der Waals surface area contributed by atoms with Crippen LogP contribution in [0, 0.1) is 0 Å². The van der Waals surface area contributed by atoms with Gasteiger partial charge in [0, 0.05) is 9.92 Å². The van der Waals surface area contributed by atoms with Gasteiger partial charge in [0.25, 0.3) is 5.91 Å². The Bertz CT molecular complexity index is 1180. The molecule has 9 heteroatoms. The lowest BCUT2D eigenvalue weighted by Crippen LogP contribution is -2.34. The van der Waals surface area contributed by atoms with Crippen molar-refractivity contribution >= 4 is 67.6 Å². The molecular formula is C21H16Cl2N2O3S2. The summed E-state index contributed by atoms with van der Waals surface area (Å²) in [7, 11) is 0. The number of carbonyl (C=O) groups is 1. The first-order chi connectivity index (χ1) is 14.5. The molecule has 0 saturated heterocycles. The molecule has 5 nitrogen and oxygen atoms in total. The van der Waals surface area contributed by atoms with Crippen LogP contribution in [-0.2, 0) is 11.3 Å². The smallest absolute Gasteiger partial charge is 0.267 e. The van der Waals surface area contributed by atoms with Crippen molar-refractivity contribution in [1.82, 2.24) is 4.98 Å². The Labute approximate surface area is 191 Å². The number of rotatable bonds is 7. The number of para-hydroxylation sites is 1. The summed E-state index contributed by atoms with van der Waals surface area (Å²) in [5.74, 6) is 0.778. The van der Waals surface area contributed by atoms with E-state index < -0.39 is 0 Å². The zero-order valence-corrected chi connectivity index (χ0v) is 18.9. The molecule has 0 spiro atoms. The number of furan rings is 1. The molecule has 0 atom stereocenters. The van der Waals surface area contributed by atoms with E-state index in [9.17, 15) is 4.79 Å². The second kappa shape index (κ2) is 9.31. The number of halogens is 2. The van der Waals surface area contributed by atoms with E-state index in [1.165, 1.54) is 11.3 Å². The first-order valence-corrected chi connectivity index (χ1v) is 11.7. The zero-order valence-electron chi connectivity index (χ0n) is 15.8. The largest absolute Gasteiger partial charge is 0.482 e. The number of fused-ring (bicyclic) bond motifs is 1. The molecule has 0 unspecified atom stereocenters. The van der Waals surface area contributed by atoms with Crippen LogP contribution in [0.15, 0.2) is 64.1 Å². The lowest BCUT2D eigenvalue weighted by atomic mass is 10.3. The third-order valence-electron chi connectivity index (χ3n) is 4.26. The molecule has 2 aromatic heterocycles. The summed E-state index contributed by atoms with van der Waals surface area (Å²) in [6.45, 7) is 0.0470. The maximum absolute atomic E-state index is 13.1. The van der Waals surface area contributed by atoms with Gasteiger partial charge < -0.3 is 9.15 Å². The van der Waals surface area contributed by atoms with Gasteiger partial charge in [0.2, 0.25) is 0 Å². The highest BCUT2D eigenvalue weighted by molar-refractivity contribution is 7.98. The van der Waals surface area contributed by atoms with E-state index in [1.54, 1.807) is 47.2 Å². The summed E-state index contributed by atoms with van der Waals surface area (Å²) in [5, 5.41) is 1.42. The number of hydrogen-bond donors (Lipinski definition) is 0. The van der Waals surface area contributed by atoms with Crippen LogP contribution in [0.3, 0.4) is 0 Å². The lowest BCUT2D eigenvalue weighted by Gasteiger charge is -2.19. The average molecular weight is 479 g/mol. The van der Waals surface area contributed by atoms with E-state index in [0.717, 1.165) is 15.1 Å². The Morgan fingerprint density at radius 3 is 2.83 bits per heavy atom. The van der Waals surface area contributed by atoms with Crippen LogP contribution in [0.5, 0.6) is 5.75 Å². The Morgan fingerprint density at radius 2 is 2.10 bits per heavy atom. The summed E-state index contributed by atoms with van der Waals surface area (Å²) in [6, 6.07) is 14.5.